The maximum Gasteiger partial charge on any atom is 0.265 e. The van der Waals surface area contributed by atoms with Gasteiger partial charge < -0.3 is 10.1 Å². The summed E-state index contributed by atoms with van der Waals surface area (Å²) in [4.78, 5) is 12.5. The molecular weight excluding hydrogens is 312 g/mol. The van der Waals surface area contributed by atoms with E-state index in [2.05, 4.69) is 5.32 Å². The fourth-order valence-corrected chi connectivity index (χ4v) is 3.31. The Labute approximate surface area is 126 Å². The molecule has 2 rings (SSSR count). The Hall–Kier alpha value is -1.90. The summed E-state index contributed by atoms with van der Waals surface area (Å²) in [5.41, 5.74) is 1.19. The maximum atomic E-state index is 12.1. The topological polar surface area (TPSA) is 98.5 Å². The third-order valence-electron chi connectivity index (χ3n) is 2.80. The zero-order valence-corrected chi connectivity index (χ0v) is 13.0. The number of primary sulfonamides is 1. The van der Waals surface area contributed by atoms with Crippen molar-refractivity contribution in [1.29, 1.82) is 0 Å². The van der Waals surface area contributed by atoms with Gasteiger partial charge in [0.25, 0.3) is 5.91 Å². The number of carbonyl (C=O) groups excluding carboxylic acids is 1. The third kappa shape index (κ3) is 3.41. The Morgan fingerprint density at radius 1 is 1.33 bits per heavy atom. The Morgan fingerprint density at radius 3 is 2.57 bits per heavy atom. The van der Waals surface area contributed by atoms with E-state index in [1.54, 1.807) is 6.07 Å². The summed E-state index contributed by atoms with van der Waals surface area (Å²) in [5, 5.41) is 9.59. The number of amides is 1. The van der Waals surface area contributed by atoms with Gasteiger partial charge in [-0.1, -0.05) is 0 Å². The molecular formula is C13H14N2O4S2. The predicted molar refractivity (Wildman–Crippen MR) is 81.4 cm³/mol. The molecule has 3 N–H and O–H groups in total. The number of ether oxygens (including phenoxy) is 1. The Kier molecular flexibility index (Phi) is 4.31. The highest BCUT2D eigenvalue weighted by Gasteiger charge is 2.17. The largest absolute Gasteiger partial charge is 0.495 e. The second-order valence-electron chi connectivity index (χ2n) is 4.30. The molecule has 0 fully saturated rings. The van der Waals surface area contributed by atoms with Gasteiger partial charge in [0.1, 0.15) is 10.6 Å². The molecule has 1 aromatic carbocycles. The first-order chi connectivity index (χ1) is 9.82. The first-order valence-corrected chi connectivity index (χ1v) is 8.32. The van der Waals surface area contributed by atoms with Crippen LogP contribution in [0.3, 0.4) is 0 Å². The molecule has 0 spiro atoms. The molecule has 1 heterocycles. The van der Waals surface area contributed by atoms with Gasteiger partial charge >= 0.3 is 0 Å². The van der Waals surface area contributed by atoms with Gasteiger partial charge in [0.15, 0.2) is 0 Å². The van der Waals surface area contributed by atoms with Crippen molar-refractivity contribution >= 4 is 33.0 Å². The zero-order valence-electron chi connectivity index (χ0n) is 11.4. The van der Waals surface area contributed by atoms with Crippen LogP contribution in [0.15, 0.2) is 34.5 Å². The number of hydrogen-bond acceptors (Lipinski definition) is 5. The first kappa shape index (κ1) is 15.5. The fraction of sp³-hybridized carbons (Fsp3) is 0.154. The van der Waals surface area contributed by atoms with Crippen LogP contribution in [0, 0.1) is 6.92 Å². The molecule has 21 heavy (non-hydrogen) atoms. The molecule has 0 radical (unpaired) electrons. The molecule has 0 aliphatic heterocycles. The summed E-state index contributed by atoms with van der Waals surface area (Å²) in [7, 11) is -2.60. The molecule has 0 saturated heterocycles. The van der Waals surface area contributed by atoms with Crippen molar-refractivity contribution in [1.82, 2.24) is 0 Å². The highest BCUT2D eigenvalue weighted by molar-refractivity contribution is 7.89. The Bertz CT molecular complexity index is 781. The Balaban J connectivity index is 2.34. The lowest BCUT2D eigenvalue weighted by Crippen LogP contribution is -2.15. The molecule has 1 aromatic heterocycles. The number of rotatable bonds is 4. The summed E-state index contributed by atoms with van der Waals surface area (Å²) in [6.45, 7) is 1.83. The molecule has 112 valence electrons. The lowest BCUT2D eigenvalue weighted by molar-refractivity contribution is 0.103. The smallest absolute Gasteiger partial charge is 0.265 e. The van der Waals surface area contributed by atoms with Gasteiger partial charge in [-0.2, -0.15) is 0 Å². The molecule has 1 amide bonds. The monoisotopic (exact) mass is 326 g/mol. The average Bonchev–Trinajstić information content (AvgIpc) is 2.84. The van der Waals surface area contributed by atoms with Crippen molar-refractivity contribution < 1.29 is 17.9 Å². The number of methoxy groups -OCH3 is 1. The van der Waals surface area contributed by atoms with Gasteiger partial charge in [0.2, 0.25) is 10.0 Å². The van der Waals surface area contributed by atoms with Gasteiger partial charge in [-0.05, 0) is 42.1 Å². The normalized spacial score (nSPS) is 11.2. The standard InChI is InChI=1S/C13H14N2O4S2/c1-8-5-6-20-12(8)13(16)15-9-3-4-10(19-2)11(7-9)21(14,17)18/h3-7H,1-2H3,(H,15,16)(H2,14,17,18). The van der Waals surface area contributed by atoms with Crippen LogP contribution in [0.25, 0.3) is 0 Å². The lowest BCUT2D eigenvalue weighted by Gasteiger charge is -2.10. The van der Waals surface area contributed by atoms with Crippen molar-refractivity contribution in [2.45, 2.75) is 11.8 Å². The molecule has 6 nitrogen and oxygen atoms in total. The molecule has 2 aromatic rings. The van der Waals surface area contributed by atoms with E-state index in [0.717, 1.165) is 5.56 Å². The summed E-state index contributed by atoms with van der Waals surface area (Å²) >= 11 is 1.31. The number of sulfonamides is 1. The SMILES string of the molecule is COc1ccc(NC(=O)c2sccc2C)cc1S(N)(=O)=O. The van der Waals surface area contributed by atoms with E-state index in [1.807, 2.05) is 18.4 Å². The van der Waals surface area contributed by atoms with Crippen molar-refractivity contribution in [3.63, 3.8) is 0 Å². The highest BCUT2D eigenvalue weighted by Crippen LogP contribution is 2.27. The van der Waals surface area contributed by atoms with Crippen LogP contribution in [-0.4, -0.2) is 21.4 Å². The van der Waals surface area contributed by atoms with E-state index in [9.17, 15) is 13.2 Å². The minimum absolute atomic E-state index is 0.128. The number of anilines is 1. The van der Waals surface area contributed by atoms with Crippen LogP contribution in [0.4, 0.5) is 5.69 Å². The van der Waals surface area contributed by atoms with Crippen molar-refractivity contribution in [2.75, 3.05) is 12.4 Å². The lowest BCUT2D eigenvalue weighted by atomic mass is 10.2. The van der Waals surface area contributed by atoms with E-state index in [0.29, 0.717) is 10.6 Å². The van der Waals surface area contributed by atoms with Gasteiger partial charge in [0.05, 0.1) is 12.0 Å². The third-order valence-corrected chi connectivity index (χ3v) is 4.74. The maximum absolute atomic E-state index is 12.1. The molecule has 0 saturated carbocycles. The summed E-state index contributed by atoms with van der Waals surface area (Å²) in [6.07, 6.45) is 0. The summed E-state index contributed by atoms with van der Waals surface area (Å²) in [6, 6.07) is 6.10. The predicted octanol–water partition coefficient (Wildman–Crippen LogP) is 1.96. The van der Waals surface area contributed by atoms with Crippen LogP contribution in [0.2, 0.25) is 0 Å². The zero-order chi connectivity index (χ0) is 15.6. The summed E-state index contributed by atoms with van der Waals surface area (Å²) in [5.74, 6) is -0.171. The number of hydrogen-bond donors (Lipinski definition) is 2. The van der Waals surface area contributed by atoms with Crippen LogP contribution < -0.4 is 15.2 Å². The quantitative estimate of drug-likeness (QED) is 0.897. The molecule has 0 atom stereocenters. The first-order valence-electron chi connectivity index (χ1n) is 5.89. The van der Waals surface area contributed by atoms with Gasteiger partial charge in [-0.15, -0.1) is 11.3 Å². The Morgan fingerprint density at radius 2 is 2.05 bits per heavy atom. The van der Waals surface area contributed by atoms with Crippen molar-refractivity contribution in [3.8, 4) is 5.75 Å². The molecule has 0 aliphatic rings. The van der Waals surface area contributed by atoms with Gasteiger partial charge in [-0.25, -0.2) is 13.6 Å². The van der Waals surface area contributed by atoms with E-state index in [4.69, 9.17) is 9.88 Å². The van der Waals surface area contributed by atoms with Crippen LogP contribution in [0.1, 0.15) is 15.2 Å². The number of benzene rings is 1. The second kappa shape index (κ2) is 5.84. The number of carbonyl (C=O) groups is 1. The average molecular weight is 326 g/mol. The number of aryl methyl sites for hydroxylation is 1. The van der Waals surface area contributed by atoms with Crippen molar-refractivity contribution in [2.24, 2.45) is 5.14 Å². The minimum atomic E-state index is -3.94. The van der Waals surface area contributed by atoms with Crippen LogP contribution in [0.5, 0.6) is 5.75 Å². The van der Waals surface area contributed by atoms with E-state index in [1.165, 1.54) is 30.6 Å². The van der Waals surface area contributed by atoms with Crippen LogP contribution >= 0.6 is 11.3 Å². The van der Waals surface area contributed by atoms with E-state index < -0.39 is 10.0 Å². The molecule has 8 heteroatoms. The molecule has 0 aliphatic carbocycles. The molecule has 0 unspecified atom stereocenters. The summed E-state index contributed by atoms with van der Waals surface area (Å²) < 4.78 is 28.0. The van der Waals surface area contributed by atoms with Crippen LogP contribution in [-0.2, 0) is 10.0 Å². The van der Waals surface area contributed by atoms with Gasteiger partial charge in [0, 0.05) is 5.69 Å². The van der Waals surface area contributed by atoms with Gasteiger partial charge in [-0.3, -0.25) is 4.79 Å². The minimum Gasteiger partial charge on any atom is -0.495 e. The number of nitrogens with one attached hydrogen (secondary N) is 1. The second-order valence-corrected chi connectivity index (χ2v) is 6.74. The van der Waals surface area contributed by atoms with Crippen molar-refractivity contribution in [3.05, 3.63) is 40.1 Å². The molecule has 0 bridgehead atoms. The highest BCUT2D eigenvalue weighted by atomic mass is 32.2. The number of nitrogens with two attached hydrogens (primary N) is 1. The fourth-order valence-electron chi connectivity index (χ4n) is 1.77. The van der Waals surface area contributed by atoms with E-state index >= 15 is 0 Å². The van der Waals surface area contributed by atoms with E-state index in [-0.39, 0.29) is 16.6 Å². The number of thiophene rings is 1.